The highest BCUT2D eigenvalue weighted by Gasteiger charge is 2.15. The van der Waals surface area contributed by atoms with Crippen molar-refractivity contribution >= 4 is 34.5 Å². The maximum atomic E-state index is 9.32. The molecule has 0 fully saturated rings. The molecule has 1 aromatic carbocycles. The summed E-state index contributed by atoms with van der Waals surface area (Å²) in [5.41, 5.74) is 1.62. The molecule has 0 aliphatic carbocycles. The van der Waals surface area contributed by atoms with Crippen molar-refractivity contribution in [3.05, 3.63) is 39.2 Å². The summed E-state index contributed by atoms with van der Waals surface area (Å²) in [6, 6.07) is 5.37. The van der Waals surface area contributed by atoms with Crippen molar-refractivity contribution in [3.63, 3.8) is 0 Å². The predicted molar refractivity (Wildman–Crippen MR) is 78.2 cm³/mol. The highest BCUT2D eigenvalue weighted by Crippen LogP contribution is 2.41. The van der Waals surface area contributed by atoms with Crippen LogP contribution < -0.4 is 4.74 Å². The minimum Gasteiger partial charge on any atom is -0.466 e. The predicted octanol–water partition coefficient (Wildman–Crippen LogP) is 4.20. The first-order chi connectivity index (χ1) is 9.17. The van der Waals surface area contributed by atoms with Gasteiger partial charge in [0.05, 0.1) is 21.5 Å². The Morgan fingerprint density at radius 3 is 2.68 bits per heavy atom. The van der Waals surface area contributed by atoms with Gasteiger partial charge in [0.15, 0.2) is 6.79 Å². The van der Waals surface area contributed by atoms with Crippen LogP contribution in [0, 0.1) is 0 Å². The van der Waals surface area contributed by atoms with E-state index in [1.165, 1.54) is 11.3 Å². The largest absolute Gasteiger partial charge is 0.466 e. The van der Waals surface area contributed by atoms with Crippen LogP contribution in [0.5, 0.6) is 5.75 Å². The monoisotopic (exact) mass is 318 g/mol. The van der Waals surface area contributed by atoms with Gasteiger partial charge in [0, 0.05) is 18.1 Å². The molecule has 0 aliphatic rings. The minimum atomic E-state index is -0.0864. The zero-order valence-corrected chi connectivity index (χ0v) is 12.5. The average Bonchev–Trinajstić information content (AvgIpc) is 2.82. The molecule has 2 aromatic rings. The van der Waals surface area contributed by atoms with Crippen molar-refractivity contribution in [3.8, 4) is 16.2 Å². The minimum absolute atomic E-state index is 0.0864. The molecule has 1 aromatic heterocycles. The Labute approximate surface area is 125 Å². The van der Waals surface area contributed by atoms with Gasteiger partial charge in [-0.25, -0.2) is 0 Å². The smallest absolute Gasteiger partial charge is 0.188 e. The van der Waals surface area contributed by atoms with Crippen molar-refractivity contribution in [2.75, 3.05) is 13.9 Å². The number of ether oxygens (including phenoxy) is 2. The SMILES string of the molecule is COCOc1c(CO)csc1-c1ccc(Cl)c(Cl)c1. The van der Waals surface area contributed by atoms with Crippen LogP contribution in [0.4, 0.5) is 0 Å². The Hall–Kier alpha value is -0.780. The van der Waals surface area contributed by atoms with E-state index in [4.69, 9.17) is 32.7 Å². The molecule has 0 saturated carbocycles. The Bertz CT molecular complexity index is 569. The van der Waals surface area contributed by atoms with E-state index in [0.717, 1.165) is 16.0 Å². The number of methoxy groups -OCH3 is 1. The van der Waals surface area contributed by atoms with Gasteiger partial charge in [-0.2, -0.15) is 0 Å². The number of aliphatic hydroxyl groups is 1. The number of rotatable bonds is 5. The lowest BCUT2D eigenvalue weighted by molar-refractivity contribution is 0.0503. The van der Waals surface area contributed by atoms with E-state index in [1.807, 2.05) is 11.4 Å². The lowest BCUT2D eigenvalue weighted by Crippen LogP contribution is -2.01. The van der Waals surface area contributed by atoms with Gasteiger partial charge >= 0.3 is 0 Å². The number of hydrogen-bond donors (Lipinski definition) is 1. The molecule has 0 amide bonds. The van der Waals surface area contributed by atoms with Crippen LogP contribution in [0.2, 0.25) is 10.0 Å². The van der Waals surface area contributed by atoms with Gasteiger partial charge in [0.25, 0.3) is 0 Å². The third kappa shape index (κ3) is 3.22. The van der Waals surface area contributed by atoms with Gasteiger partial charge in [0.2, 0.25) is 0 Å². The Kier molecular flexibility index (Phi) is 5.07. The summed E-state index contributed by atoms with van der Waals surface area (Å²) >= 11 is 13.4. The summed E-state index contributed by atoms with van der Waals surface area (Å²) in [6.45, 7) is 0.0366. The molecular formula is C13H12Cl2O3S. The zero-order chi connectivity index (χ0) is 13.8. The Balaban J connectivity index is 2.42. The zero-order valence-electron chi connectivity index (χ0n) is 10.2. The van der Waals surface area contributed by atoms with Gasteiger partial charge in [-0.3, -0.25) is 0 Å². The van der Waals surface area contributed by atoms with E-state index in [0.29, 0.717) is 15.8 Å². The number of halogens is 2. The molecule has 6 heteroatoms. The Morgan fingerprint density at radius 2 is 2.05 bits per heavy atom. The van der Waals surface area contributed by atoms with E-state index in [9.17, 15) is 5.11 Å². The van der Waals surface area contributed by atoms with Crippen LogP contribution in [0.15, 0.2) is 23.6 Å². The molecule has 0 unspecified atom stereocenters. The molecule has 0 saturated heterocycles. The van der Waals surface area contributed by atoms with Gasteiger partial charge in [0.1, 0.15) is 5.75 Å². The molecule has 1 N–H and O–H groups in total. The summed E-state index contributed by atoms with van der Waals surface area (Å²) in [5.74, 6) is 0.618. The van der Waals surface area contributed by atoms with Crippen LogP contribution in [-0.4, -0.2) is 19.0 Å². The standard InChI is InChI=1S/C13H12Cl2O3S/c1-17-7-18-12-9(5-16)6-19-13(12)8-2-3-10(14)11(15)4-8/h2-4,6,16H,5,7H2,1H3. The van der Waals surface area contributed by atoms with Crippen LogP contribution in [0.1, 0.15) is 5.56 Å². The normalized spacial score (nSPS) is 10.7. The first-order valence-electron chi connectivity index (χ1n) is 5.45. The molecule has 0 radical (unpaired) electrons. The summed E-state index contributed by atoms with van der Waals surface area (Å²) in [6.07, 6.45) is 0. The first-order valence-corrected chi connectivity index (χ1v) is 7.09. The van der Waals surface area contributed by atoms with Gasteiger partial charge < -0.3 is 14.6 Å². The summed E-state index contributed by atoms with van der Waals surface area (Å²) in [7, 11) is 1.55. The summed E-state index contributed by atoms with van der Waals surface area (Å²) < 4.78 is 10.4. The topological polar surface area (TPSA) is 38.7 Å². The maximum absolute atomic E-state index is 9.32. The highest BCUT2D eigenvalue weighted by atomic mass is 35.5. The Morgan fingerprint density at radius 1 is 1.26 bits per heavy atom. The highest BCUT2D eigenvalue weighted by molar-refractivity contribution is 7.14. The second-order valence-electron chi connectivity index (χ2n) is 3.76. The molecule has 2 rings (SSSR count). The second kappa shape index (κ2) is 6.59. The quantitative estimate of drug-likeness (QED) is 0.840. The fourth-order valence-corrected chi connectivity index (χ4v) is 2.90. The van der Waals surface area contributed by atoms with Crippen molar-refractivity contribution in [2.45, 2.75) is 6.61 Å². The maximum Gasteiger partial charge on any atom is 0.188 e. The van der Waals surface area contributed by atoms with Gasteiger partial charge in [-0.15, -0.1) is 11.3 Å². The molecule has 19 heavy (non-hydrogen) atoms. The van der Waals surface area contributed by atoms with Crippen molar-refractivity contribution in [1.82, 2.24) is 0 Å². The van der Waals surface area contributed by atoms with Crippen LogP contribution in [0.25, 0.3) is 10.4 Å². The van der Waals surface area contributed by atoms with E-state index in [2.05, 4.69) is 0 Å². The van der Waals surface area contributed by atoms with Crippen molar-refractivity contribution in [2.24, 2.45) is 0 Å². The van der Waals surface area contributed by atoms with E-state index < -0.39 is 0 Å². The van der Waals surface area contributed by atoms with E-state index in [-0.39, 0.29) is 13.4 Å². The number of hydrogen-bond acceptors (Lipinski definition) is 4. The fraction of sp³-hybridized carbons (Fsp3) is 0.231. The van der Waals surface area contributed by atoms with Crippen LogP contribution in [0.3, 0.4) is 0 Å². The lowest BCUT2D eigenvalue weighted by atomic mass is 10.1. The molecular weight excluding hydrogens is 307 g/mol. The van der Waals surface area contributed by atoms with Crippen molar-refractivity contribution < 1.29 is 14.6 Å². The lowest BCUT2D eigenvalue weighted by Gasteiger charge is -2.09. The van der Waals surface area contributed by atoms with E-state index in [1.54, 1.807) is 19.2 Å². The van der Waals surface area contributed by atoms with Crippen molar-refractivity contribution in [1.29, 1.82) is 0 Å². The number of thiophene rings is 1. The molecule has 0 bridgehead atoms. The third-order valence-corrected chi connectivity index (χ3v) is 4.29. The fourth-order valence-electron chi connectivity index (χ4n) is 1.60. The molecule has 0 atom stereocenters. The van der Waals surface area contributed by atoms with Gasteiger partial charge in [-0.05, 0) is 17.7 Å². The third-order valence-electron chi connectivity index (χ3n) is 2.49. The molecule has 1 heterocycles. The summed E-state index contributed by atoms with van der Waals surface area (Å²) in [5, 5.41) is 12.2. The average molecular weight is 319 g/mol. The number of benzene rings is 1. The summed E-state index contributed by atoms with van der Waals surface area (Å²) in [4.78, 5) is 0.889. The first kappa shape index (κ1) is 14.6. The molecule has 3 nitrogen and oxygen atoms in total. The van der Waals surface area contributed by atoms with Crippen LogP contribution in [-0.2, 0) is 11.3 Å². The van der Waals surface area contributed by atoms with Crippen LogP contribution >= 0.6 is 34.5 Å². The second-order valence-corrected chi connectivity index (χ2v) is 5.45. The van der Waals surface area contributed by atoms with E-state index >= 15 is 0 Å². The number of aliphatic hydroxyl groups excluding tert-OH is 1. The molecule has 102 valence electrons. The molecule has 0 spiro atoms. The van der Waals surface area contributed by atoms with Gasteiger partial charge in [-0.1, -0.05) is 29.3 Å². The molecule has 0 aliphatic heterocycles.